The van der Waals surface area contributed by atoms with Crippen LogP contribution in [0.15, 0.2) is 44.2 Å². The lowest BCUT2D eigenvalue weighted by molar-refractivity contribution is -0.127. The molecule has 0 saturated carbocycles. The quantitative estimate of drug-likeness (QED) is 0.330. The van der Waals surface area contributed by atoms with Gasteiger partial charge in [0.15, 0.2) is 17.3 Å². The smallest absolute Gasteiger partial charge is 0.255 e. The summed E-state index contributed by atoms with van der Waals surface area (Å²) in [5.41, 5.74) is 7.41. The third kappa shape index (κ3) is 4.82. The highest BCUT2D eigenvalue weighted by Crippen LogP contribution is 2.50. The maximum Gasteiger partial charge on any atom is 0.255 e. The summed E-state index contributed by atoms with van der Waals surface area (Å²) in [5.74, 6) is -5.37. The number of nitrogens with one attached hydrogen (secondary N) is 1. The van der Waals surface area contributed by atoms with Gasteiger partial charge in [-0.1, -0.05) is 5.16 Å². The zero-order chi connectivity index (χ0) is 31.7. The number of aliphatic hydroxyl groups is 2. The van der Waals surface area contributed by atoms with Crippen molar-refractivity contribution in [3.63, 3.8) is 0 Å². The number of amides is 1. The number of carbonyl (C=O) groups is 3. The average Bonchev–Trinajstić information content (AvgIpc) is 3.25. The van der Waals surface area contributed by atoms with E-state index in [2.05, 4.69) is 9.88 Å². The number of aromatic nitrogens is 1. The fourth-order valence-electron chi connectivity index (χ4n) is 6.92. The van der Waals surface area contributed by atoms with Crippen LogP contribution in [0.4, 0.5) is 5.69 Å². The number of sulfonamides is 1. The van der Waals surface area contributed by atoms with Crippen LogP contribution in [0, 0.1) is 31.6 Å². The van der Waals surface area contributed by atoms with Crippen LogP contribution in [0.2, 0.25) is 0 Å². The Kier molecular flexibility index (Phi) is 7.51. The van der Waals surface area contributed by atoms with Gasteiger partial charge in [0.1, 0.15) is 27.7 Å². The SMILES string of the molecule is Cc1noc(C)c1S(=O)(=O)NCc1cc2c(c(N(C)C)c1)C[C@H]1C[C@@H]3[C@@H](C(=O)C(C(N)=O)=C(O)[C@H]3N(C)C)C(O)=C1C2=O. The number of likely N-dealkylation sites (N-methyl/N-ethyl adjacent to an activating group) is 1. The van der Waals surface area contributed by atoms with E-state index in [1.165, 1.54) is 13.8 Å². The molecule has 5 rings (SSSR count). The van der Waals surface area contributed by atoms with Crippen molar-refractivity contribution in [2.45, 2.75) is 44.2 Å². The molecule has 3 aliphatic carbocycles. The molecule has 1 aromatic heterocycles. The number of hydrogen-bond acceptors (Lipinski definition) is 11. The zero-order valence-electron chi connectivity index (χ0n) is 24.8. The predicted molar refractivity (Wildman–Crippen MR) is 155 cm³/mol. The summed E-state index contributed by atoms with van der Waals surface area (Å²) >= 11 is 0. The summed E-state index contributed by atoms with van der Waals surface area (Å²) in [4.78, 5) is 43.1. The number of hydrogen-bond donors (Lipinski definition) is 4. The zero-order valence-corrected chi connectivity index (χ0v) is 25.6. The number of allylic oxidation sites excluding steroid dienone is 2. The molecule has 0 bridgehead atoms. The Morgan fingerprint density at radius 2 is 1.81 bits per heavy atom. The van der Waals surface area contributed by atoms with Gasteiger partial charge in [-0.25, -0.2) is 13.1 Å². The Hall–Kier alpha value is -4.01. The lowest BCUT2D eigenvalue weighted by Crippen LogP contribution is -2.53. The number of nitrogens with zero attached hydrogens (tertiary/aromatic N) is 3. The number of carbonyl (C=O) groups excluding carboxylic acids is 3. The Bertz CT molecular complexity index is 1720. The molecule has 0 unspecified atom stereocenters. The van der Waals surface area contributed by atoms with Crippen LogP contribution in [-0.4, -0.2) is 80.4 Å². The molecule has 1 aromatic carbocycles. The van der Waals surface area contributed by atoms with E-state index in [4.69, 9.17) is 10.3 Å². The molecule has 4 atom stereocenters. The first kappa shape index (κ1) is 30.4. The standard InChI is InChI=1S/C29H35N5O8S/c1-12-28(13(2)42-32-12)43(40,41)31-11-14-7-17-16(19(8-14)33(3)4)9-15-10-18-21(25(36)20(15)24(17)35)26(37)22(29(30)39)27(38)23(18)34(5)6/h7-8,15,18,21,23,31,36,38H,9-11H2,1-6H3,(H2,30,39)/t15-,18+,21+,23-/m0/s1. The molecule has 0 spiro atoms. The topological polar surface area (TPSA) is 196 Å². The molecule has 0 saturated heterocycles. The first-order valence-electron chi connectivity index (χ1n) is 13.7. The van der Waals surface area contributed by atoms with Crippen LogP contribution in [0.1, 0.15) is 39.4 Å². The predicted octanol–water partition coefficient (Wildman–Crippen LogP) is 1.45. The van der Waals surface area contributed by atoms with Crippen molar-refractivity contribution in [2.75, 3.05) is 33.1 Å². The summed E-state index contributed by atoms with van der Waals surface area (Å²) < 4.78 is 33.6. The molecule has 1 amide bonds. The van der Waals surface area contributed by atoms with Crippen molar-refractivity contribution in [1.82, 2.24) is 14.8 Å². The van der Waals surface area contributed by atoms with Gasteiger partial charge >= 0.3 is 0 Å². The second-order valence-electron chi connectivity index (χ2n) is 11.8. The highest BCUT2D eigenvalue weighted by molar-refractivity contribution is 7.89. The summed E-state index contributed by atoms with van der Waals surface area (Å²) in [6.45, 7) is 2.89. The molecule has 2 aromatic rings. The fourth-order valence-corrected chi connectivity index (χ4v) is 8.26. The van der Waals surface area contributed by atoms with E-state index in [9.17, 15) is 33.0 Å². The maximum absolute atomic E-state index is 14.1. The van der Waals surface area contributed by atoms with E-state index in [0.717, 1.165) is 5.56 Å². The minimum absolute atomic E-state index is 0.0485. The number of ketones is 2. The number of benzene rings is 1. The van der Waals surface area contributed by atoms with E-state index in [1.807, 2.05) is 25.1 Å². The Balaban J connectivity index is 1.57. The molecule has 13 nitrogen and oxygen atoms in total. The van der Waals surface area contributed by atoms with Crippen molar-refractivity contribution >= 4 is 33.2 Å². The van der Waals surface area contributed by atoms with Gasteiger partial charge in [0.25, 0.3) is 5.91 Å². The minimum Gasteiger partial charge on any atom is -0.511 e. The van der Waals surface area contributed by atoms with Crippen LogP contribution < -0.4 is 15.4 Å². The van der Waals surface area contributed by atoms with Crippen LogP contribution in [-0.2, 0) is 32.6 Å². The van der Waals surface area contributed by atoms with Gasteiger partial charge in [0, 0.05) is 37.5 Å². The number of anilines is 1. The minimum atomic E-state index is -3.98. The highest BCUT2D eigenvalue weighted by Gasteiger charge is 2.54. The molecule has 5 N–H and O–H groups in total. The van der Waals surface area contributed by atoms with Crippen LogP contribution >= 0.6 is 0 Å². The number of Topliss-reactive ketones (excluding diaryl/α,β-unsaturated/α-hetero) is 2. The monoisotopic (exact) mass is 613 g/mol. The van der Waals surface area contributed by atoms with Gasteiger partial charge in [-0.05, 0) is 75.9 Å². The van der Waals surface area contributed by atoms with Crippen LogP contribution in [0.25, 0.3) is 0 Å². The van der Waals surface area contributed by atoms with E-state index >= 15 is 0 Å². The van der Waals surface area contributed by atoms with Crippen LogP contribution in [0.3, 0.4) is 0 Å². The highest BCUT2D eigenvalue weighted by atomic mass is 32.2. The van der Waals surface area contributed by atoms with Crippen molar-refractivity contribution in [3.05, 3.63) is 62.9 Å². The Morgan fingerprint density at radius 3 is 2.37 bits per heavy atom. The van der Waals surface area contributed by atoms with Gasteiger partial charge in [0.2, 0.25) is 10.0 Å². The van der Waals surface area contributed by atoms with E-state index < -0.39 is 68.4 Å². The molecule has 0 fully saturated rings. The van der Waals surface area contributed by atoms with Crippen LogP contribution in [0.5, 0.6) is 0 Å². The fraction of sp³-hybridized carbons (Fsp3) is 0.448. The van der Waals surface area contributed by atoms with Crippen molar-refractivity contribution in [3.8, 4) is 0 Å². The average molecular weight is 614 g/mol. The molecule has 0 radical (unpaired) electrons. The number of aliphatic hydroxyl groups excluding tert-OH is 2. The molecule has 3 aliphatic rings. The Morgan fingerprint density at radius 1 is 1.14 bits per heavy atom. The van der Waals surface area contributed by atoms with Crippen molar-refractivity contribution in [2.24, 2.45) is 23.5 Å². The second kappa shape index (κ2) is 10.6. The third-order valence-electron chi connectivity index (χ3n) is 8.65. The normalized spacial score (nSPS) is 23.8. The summed E-state index contributed by atoms with van der Waals surface area (Å²) in [7, 11) is 3.03. The molecule has 14 heteroatoms. The molecule has 43 heavy (non-hydrogen) atoms. The lowest BCUT2D eigenvalue weighted by Gasteiger charge is -2.46. The molecule has 0 aliphatic heterocycles. The van der Waals surface area contributed by atoms with Crippen molar-refractivity contribution < 1.29 is 37.5 Å². The second-order valence-corrected chi connectivity index (χ2v) is 13.5. The molecule has 230 valence electrons. The number of rotatable bonds is 7. The van der Waals surface area contributed by atoms with E-state index in [0.29, 0.717) is 24.1 Å². The number of primary amides is 1. The Labute approximate surface area is 249 Å². The first-order valence-corrected chi connectivity index (χ1v) is 15.2. The molecular formula is C29H35N5O8S. The third-order valence-corrected chi connectivity index (χ3v) is 10.3. The van der Waals surface area contributed by atoms with Crippen molar-refractivity contribution in [1.29, 1.82) is 0 Å². The van der Waals surface area contributed by atoms with Gasteiger partial charge in [-0.2, -0.15) is 0 Å². The van der Waals surface area contributed by atoms with Gasteiger partial charge < -0.3 is 25.4 Å². The van der Waals surface area contributed by atoms with E-state index in [-0.39, 0.29) is 34.0 Å². The lowest BCUT2D eigenvalue weighted by atomic mass is 9.61. The molecule has 1 heterocycles. The summed E-state index contributed by atoms with van der Waals surface area (Å²) in [5, 5.41) is 26.1. The molecular weight excluding hydrogens is 578 g/mol. The summed E-state index contributed by atoms with van der Waals surface area (Å²) in [6.07, 6.45) is 0.662. The van der Waals surface area contributed by atoms with E-state index in [1.54, 1.807) is 25.1 Å². The number of fused-ring (bicyclic) bond motifs is 3. The number of nitrogens with two attached hydrogens (primary N) is 1. The van der Waals surface area contributed by atoms with Gasteiger partial charge in [0.05, 0.1) is 12.0 Å². The van der Waals surface area contributed by atoms with Gasteiger partial charge in [-0.15, -0.1) is 0 Å². The maximum atomic E-state index is 14.1. The number of aryl methyl sites for hydroxylation is 2. The summed E-state index contributed by atoms with van der Waals surface area (Å²) in [6, 6.07) is 2.63. The largest absolute Gasteiger partial charge is 0.511 e. The first-order chi connectivity index (χ1) is 20.1. The van der Waals surface area contributed by atoms with Gasteiger partial charge in [-0.3, -0.25) is 19.3 Å².